The SMILES string of the molecule is O=[N+]([O-])c1cc(Br)c(F)c(S(=O)(=O)Cl)c1O. The van der Waals surface area contributed by atoms with Crippen LogP contribution in [0.3, 0.4) is 0 Å². The molecule has 1 rings (SSSR count). The summed E-state index contributed by atoms with van der Waals surface area (Å²) in [4.78, 5) is 8.04. The fourth-order valence-corrected chi connectivity index (χ4v) is 2.57. The zero-order chi connectivity index (χ0) is 12.7. The normalized spacial score (nSPS) is 11.4. The van der Waals surface area contributed by atoms with Crippen LogP contribution in [0.4, 0.5) is 10.1 Å². The number of aromatic hydroxyl groups is 1. The van der Waals surface area contributed by atoms with Crippen LogP contribution in [0.15, 0.2) is 15.4 Å². The van der Waals surface area contributed by atoms with Gasteiger partial charge in [-0.15, -0.1) is 0 Å². The largest absolute Gasteiger partial charge is 0.501 e. The molecule has 16 heavy (non-hydrogen) atoms. The van der Waals surface area contributed by atoms with Gasteiger partial charge in [0.25, 0.3) is 9.05 Å². The number of hydrogen-bond donors (Lipinski definition) is 1. The quantitative estimate of drug-likeness (QED) is 0.507. The molecule has 0 spiro atoms. The summed E-state index contributed by atoms with van der Waals surface area (Å²) in [5.74, 6) is -2.72. The molecule has 0 unspecified atom stereocenters. The number of phenolic OH excluding ortho intramolecular Hbond substituents is 1. The van der Waals surface area contributed by atoms with E-state index in [-0.39, 0.29) is 0 Å². The van der Waals surface area contributed by atoms with Crippen molar-refractivity contribution >= 4 is 41.4 Å². The average molecular weight is 335 g/mol. The van der Waals surface area contributed by atoms with E-state index < -0.39 is 40.6 Å². The maximum atomic E-state index is 13.3. The van der Waals surface area contributed by atoms with Crippen molar-refractivity contribution in [3.05, 3.63) is 26.5 Å². The zero-order valence-electron chi connectivity index (χ0n) is 7.15. The Morgan fingerprint density at radius 2 is 2.06 bits per heavy atom. The first-order chi connectivity index (χ1) is 7.16. The van der Waals surface area contributed by atoms with Crippen LogP contribution in [0.1, 0.15) is 0 Å². The third-order valence-electron chi connectivity index (χ3n) is 1.57. The molecule has 0 saturated carbocycles. The van der Waals surface area contributed by atoms with Gasteiger partial charge in [0.15, 0.2) is 10.7 Å². The minimum absolute atomic E-state index is 0.490. The summed E-state index contributed by atoms with van der Waals surface area (Å²) < 4.78 is 34.7. The molecule has 0 fully saturated rings. The molecular weight excluding hydrogens is 332 g/mol. The lowest BCUT2D eigenvalue weighted by atomic mass is 10.3. The second kappa shape index (κ2) is 4.15. The van der Waals surface area contributed by atoms with Crippen molar-refractivity contribution in [3.8, 4) is 5.75 Å². The Labute approximate surface area is 101 Å². The van der Waals surface area contributed by atoms with E-state index in [4.69, 9.17) is 10.7 Å². The highest BCUT2D eigenvalue weighted by Gasteiger charge is 2.31. The van der Waals surface area contributed by atoms with Gasteiger partial charge in [-0.25, -0.2) is 12.8 Å². The highest BCUT2D eigenvalue weighted by Crippen LogP contribution is 2.40. The summed E-state index contributed by atoms with van der Waals surface area (Å²) in [5.41, 5.74) is -0.965. The van der Waals surface area contributed by atoms with Crippen molar-refractivity contribution in [2.75, 3.05) is 0 Å². The smallest absolute Gasteiger partial charge is 0.313 e. The molecule has 0 aliphatic rings. The summed E-state index contributed by atoms with van der Waals surface area (Å²) in [5, 5.41) is 19.7. The molecule has 0 atom stereocenters. The Kier molecular flexibility index (Phi) is 3.41. The first-order valence-electron chi connectivity index (χ1n) is 3.46. The summed E-state index contributed by atoms with van der Waals surface area (Å²) >= 11 is 2.58. The van der Waals surface area contributed by atoms with Gasteiger partial charge in [0.1, 0.15) is 0 Å². The van der Waals surface area contributed by atoms with E-state index in [2.05, 4.69) is 15.9 Å². The average Bonchev–Trinajstić information content (AvgIpc) is 2.08. The summed E-state index contributed by atoms with van der Waals surface area (Å²) in [7, 11) is 0.217. The van der Waals surface area contributed by atoms with Crippen molar-refractivity contribution in [1.29, 1.82) is 0 Å². The number of phenols is 1. The molecule has 0 saturated heterocycles. The van der Waals surface area contributed by atoms with Crippen LogP contribution in [0.25, 0.3) is 0 Å². The van der Waals surface area contributed by atoms with Gasteiger partial charge in [0.05, 0.1) is 9.40 Å². The lowest BCUT2D eigenvalue weighted by Gasteiger charge is -2.04. The number of nitro benzene ring substituents is 1. The van der Waals surface area contributed by atoms with Crippen LogP contribution < -0.4 is 0 Å². The van der Waals surface area contributed by atoms with Gasteiger partial charge >= 0.3 is 5.69 Å². The second-order valence-corrected chi connectivity index (χ2v) is 5.92. The predicted octanol–water partition coefficient (Wildman–Crippen LogP) is 2.13. The molecule has 1 aromatic rings. The molecule has 1 N–H and O–H groups in total. The van der Waals surface area contributed by atoms with Gasteiger partial charge < -0.3 is 5.11 Å². The molecule has 10 heteroatoms. The van der Waals surface area contributed by atoms with Crippen LogP contribution >= 0.6 is 26.6 Å². The van der Waals surface area contributed by atoms with E-state index in [0.717, 1.165) is 0 Å². The first kappa shape index (κ1) is 13.1. The van der Waals surface area contributed by atoms with Crippen molar-refractivity contribution in [2.24, 2.45) is 0 Å². The Balaban J connectivity index is 3.80. The van der Waals surface area contributed by atoms with Crippen LogP contribution in [-0.2, 0) is 9.05 Å². The molecule has 0 amide bonds. The van der Waals surface area contributed by atoms with Gasteiger partial charge in [0, 0.05) is 16.7 Å². The maximum Gasteiger partial charge on any atom is 0.313 e. The van der Waals surface area contributed by atoms with Crippen LogP contribution in [-0.4, -0.2) is 18.4 Å². The Bertz CT molecular complexity index is 575. The van der Waals surface area contributed by atoms with Gasteiger partial charge in [-0.2, -0.15) is 0 Å². The molecule has 0 aliphatic carbocycles. The highest BCUT2D eigenvalue weighted by atomic mass is 79.9. The minimum atomic E-state index is -4.63. The fourth-order valence-electron chi connectivity index (χ4n) is 0.942. The zero-order valence-corrected chi connectivity index (χ0v) is 10.3. The monoisotopic (exact) mass is 333 g/mol. The van der Waals surface area contributed by atoms with Crippen molar-refractivity contribution in [1.82, 2.24) is 0 Å². The number of benzene rings is 1. The summed E-state index contributed by atoms with van der Waals surface area (Å²) in [6, 6.07) is 0.635. The summed E-state index contributed by atoms with van der Waals surface area (Å²) in [6.45, 7) is 0. The molecule has 0 heterocycles. The van der Waals surface area contributed by atoms with E-state index in [0.29, 0.717) is 6.07 Å². The minimum Gasteiger partial charge on any atom is -0.501 e. The molecule has 0 aromatic heterocycles. The second-order valence-electron chi connectivity index (χ2n) is 2.56. The Morgan fingerprint density at radius 1 is 1.56 bits per heavy atom. The van der Waals surface area contributed by atoms with Gasteiger partial charge in [-0.1, -0.05) is 0 Å². The highest BCUT2D eigenvalue weighted by molar-refractivity contribution is 9.10. The van der Waals surface area contributed by atoms with Crippen LogP contribution in [0, 0.1) is 15.9 Å². The third-order valence-corrected chi connectivity index (χ3v) is 3.47. The van der Waals surface area contributed by atoms with Gasteiger partial charge in [0.2, 0.25) is 5.75 Å². The van der Waals surface area contributed by atoms with Crippen molar-refractivity contribution < 1.29 is 22.8 Å². The molecule has 0 aliphatic heterocycles. The third kappa shape index (κ3) is 2.25. The van der Waals surface area contributed by atoms with Crippen LogP contribution in [0.2, 0.25) is 0 Å². The molecule has 1 aromatic carbocycles. The summed E-state index contributed by atoms with van der Waals surface area (Å²) in [6.07, 6.45) is 0. The fraction of sp³-hybridized carbons (Fsp3) is 0. The lowest BCUT2D eigenvalue weighted by molar-refractivity contribution is -0.386. The van der Waals surface area contributed by atoms with E-state index in [9.17, 15) is 28.0 Å². The molecule has 88 valence electrons. The first-order valence-corrected chi connectivity index (χ1v) is 6.56. The maximum absolute atomic E-state index is 13.3. The van der Waals surface area contributed by atoms with E-state index in [1.807, 2.05) is 0 Å². The van der Waals surface area contributed by atoms with Crippen molar-refractivity contribution in [2.45, 2.75) is 4.90 Å². The molecule has 0 bridgehead atoms. The van der Waals surface area contributed by atoms with Gasteiger partial charge in [-0.3, -0.25) is 10.1 Å². The lowest BCUT2D eigenvalue weighted by Crippen LogP contribution is -2.00. The molecule has 6 nitrogen and oxygen atoms in total. The Hall–Kier alpha value is -0.930. The number of halogens is 3. The molecular formula is C6H2BrClFNO5S. The predicted molar refractivity (Wildman–Crippen MR) is 55.5 cm³/mol. The van der Waals surface area contributed by atoms with Gasteiger partial charge in [-0.05, 0) is 15.9 Å². The number of nitrogens with zero attached hydrogens (tertiary/aromatic N) is 1. The van der Waals surface area contributed by atoms with E-state index in [1.54, 1.807) is 0 Å². The van der Waals surface area contributed by atoms with Crippen LogP contribution in [0.5, 0.6) is 5.75 Å². The number of rotatable bonds is 2. The standard InChI is InChI=1S/C6H2BrClFNO5S/c7-2-1-3(10(12)13)5(11)6(4(2)9)16(8,14)15/h1,11H. The number of nitro groups is 1. The molecule has 0 radical (unpaired) electrons. The van der Waals surface area contributed by atoms with E-state index in [1.165, 1.54) is 0 Å². The number of hydrogen-bond acceptors (Lipinski definition) is 5. The van der Waals surface area contributed by atoms with Crippen molar-refractivity contribution in [3.63, 3.8) is 0 Å². The van der Waals surface area contributed by atoms with E-state index >= 15 is 0 Å². The Morgan fingerprint density at radius 3 is 2.44 bits per heavy atom. The topological polar surface area (TPSA) is 97.5 Å².